The Kier molecular flexibility index (Phi) is 4.11. The van der Waals surface area contributed by atoms with Crippen LogP contribution >= 0.6 is 7.14 Å². The van der Waals surface area contributed by atoms with E-state index in [2.05, 4.69) is 36.4 Å². The molecule has 2 heteroatoms. The standard InChI is InChI=1S/C26H19OP/c27-28(22-14-2-1-3-15-22,25-18-8-12-20-10-4-6-16-23(20)25)26-19-9-13-21-11-5-7-17-24(21)26/h1-19H. The highest BCUT2D eigenvalue weighted by molar-refractivity contribution is 7.86. The van der Waals surface area contributed by atoms with Crippen LogP contribution in [0, 0.1) is 0 Å². The van der Waals surface area contributed by atoms with Crippen molar-refractivity contribution in [2.45, 2.75) is 0 Å². The van der Waals surface area contributed by atoms with Gasteiger partial charge < -0.3 is 4.57 Å². The average Bonchev–Trinajstić information content (AvgIpc) is 2.78. The Labute approximate surface area is 164 Å². The maximum absolute atomic E-state index is 15.0. The molecule has 0 bridgehead atoms. The first kappa shape index (κ1) is 17.0. The first-order chi connectivity index (χ1) is 13.8. The smallest absolute Gasteiger partial charge is 0.172 e. The summed E-state index contributed by atoms with van der Waals surface area (Å²) in [6.45, 7) is 0. The summed E-state index contributed by atoms with van der Waals surface area (Å²) in [7, 11) is -3.07. The van der Waals surface area contributed by atoms with Gasteiger partial charge in [0.1, 0.15) is 0 Å². The van der Waals surface area contributed by atoms with Crippen molar-refractivity contribution in [1.82, 2.24) is 0 Å². The maximum Gasteiger partial charge on any atom is 0.172 e. The Morgan fingerprint density at radius 1 is 0.429 bits per heavy atom. The van der Waals surface area contributed by atoms with Crippen LogP contribution < -0.4 is 15.9 Å². The highest BCUT2D eigenvalue weighted by Gasteiger charge is 2.32. The molecule has 0 fully saturated rings. The Morgan fingerprint density at radius 2 is 0.857 bits per heavy atom. The van der Waals surface area contributed by atoms with Crippen LogP contribution in [0.3, 0.4) is 0 Å². The van der Waals surface area contributed by atoms with Gasteiger partial charge in [-0.2, -0.15) is 0 Å². The quantitative estimate of drug-likeness (QED) is 0.372. The molecule has 0 N–H and O–H groups in total. The number of hydrogen-bond donors (Lipinski definition) is 0. The van der Waals surface area contributed by atoms with Crippen molar-refractivity contribution in [3.8, 4) is 0 Å². The summed E-state index contributed by atoms with van der Waals surface area (Å²) in [5.41, 5.74) is 0. The third-order valence-electron chi connectivity index (χ3n) is 5.33. The van der Waals surface area contributed by atoms with E-state index in [1.165, 1.54) is 0 Å². The first-order valence-corrected chi connectivity index (χ1v) is 11.1. The SMILES string of the molecule is O=P(c1ccccc1)(c1cccc2ccccc12)c1cccc2ccccc12. The van der Waals surface area contributed by atoms with E-state index in [-0.39, 0.29) is 0 Å². The summed E-state index contributed by atoms with van der Waals surface area (Å²) >= 11 is 0. The van der Waals surface area contributed by atoms with Gasteiger partial charge in [-0.25, -0.2) is 0 Å². The highest BCUT2D eigenvalue weighted by atomic mass is 31.2. The fourth-order valence-electron chi connectivity index (χ4n) is 4.01. The predicted molar refractivity (Wildman–Crippen MR) is 121 cm³/mol. The largest absolute Gasteiger partial charge is 0.309 e. The lowest BCUT2D eigenvalue weighted by Crippen LogP contribution is -2.26. The van der Waals surface area contributed by atoms with E-state index < -0.39 is 7.14 Å². The van der Waals surface area contributed by atoms with E-state index in [1.807, 2.05) is 78.9 Å². The topological polar surface area (TPSA) is 17.1 Å². The molecule has 28 heavy (non-hydrogen) atoms. The van der Waals surface area contributed by atoms with Gasteiger partial charge in [0.25, 0.3) is 0 Å². The monoisotopic (exact) mass is 378 g/mol. The molecule has 1 nitrogen and oxygen atoms in total. The van der Waals surface area contributed by atoms with E-state index in [9.17, 15) is 0 Å². The second kappa shape index (κ2) is 6.78. The molecule has 0 atom stereocenters. The molecule has 0 saturated carbocycles. The van der Waals surface area contributed by atoms with E-state index in [0.717, 1.165) is 37.5 Å². The Morgan fingerprint density at radius 3 is 1.39 bits per heavy atom. The summed E-state index contributed by atoms with van der Waals surface area (Å²) in [5, 5.41) is 6.96. The lowest BCUT2D eigenvalue weighted by Gasteiger charge is -2.23. The minimum atomic E-state index is -3.07. The summed E-state index contributed by atoms with van der Waals surface area (Å²) in [4.78, 5) is 0. The van der Waals surface area contributed by atoms with Crippen molar-refractivity contribution >= 4 is 44.6 Å². The van der Waals surface area contributed by atoms with Crippen LogP contribution in [0.5, 0.6) is 0 Å². The zero-order valence-electron chi connectivity index (χ0n) is 15.3. The summed E-state index contributed by atoms with van der Waals surface area (Å²) in [6, 6.07) is 38.5. The normalized spacial score (nSPS) is 11.7. The molecule has 0 aromatic heterocycles. The lowest BCUT2D eigenvalue weighted by molar-refractivity contribution is 0.593. The molecule has 5 aromatic rings. The fourth-order valence-corrected chi connectivity index (χ4v) is 7.10. The average molecular weight is 378 g/mol. The molecule has 0 radical (unpaired) electrons. The van der Waals surface area contributed by atoms with E-state index in [1.54, 1.807) is 0 Å². The van der Waals surface area contributed by atoms with Crippen LogP contribution in [0.1, 0.15) is 0 Å². The van der Waals surface area contributed by atoms with Gasteiger partial charge in [0.05, 0.1) is 0 Å². The van der Waals surface area contributed by atoms with Crippen molar-refractivity contribution in [2.24, 2.45) is 0 Å². The second-order valence-electron chi connectivity index (χ2n) is 6.94. The molecule has 0 spiro atoms. The molecule has 0 unspecified atom stereocenters. The summed E-state index contributed by atoms with van der Waals surface area (Å²) in [6.07, 6.45) is 0. The van der Waals surface area contributed by atoms with Crippen LogP contribution in [0.4, 0.5) is 0 Å². The molecule has 0 aliphatic rings. The number of hydrogen-bond acceptors (Lipinski definition) is 1. The first-order valence-electron chi connectivity index (χ1n) is 9.41. The molecule has 0 aliphatic heterocycles. The zero-order valence-corrected chi connectivity index (χ0v) is 16.2. The van der Waals surface area contributed by atoms with E-state index >= 15 is 4.57 Å². The van der Waals surface area contributed by atoms with Crippen molar-refractivity contribution < 1.29 is 4.57 Å². The Bertz CT molecular complexity index is 1240. The fraction of sp³-hybridized carbons (Fsp3) is 0. The van der Waals surface area contributed by atoms with Crippen LogP contribution in [0.15, 0.2) is 115 Å². The van der Waals surface area contributed by atoms with Gasteiger partial charge in [-0.05, 0) is 21.5 Å². The van der Waals surface area contributed by atoms with Crippen molar-refractivity contribution in [3.63, 3.8) is 0 Å². The highest BCUT2D eigenvalue weighted by Crippen LogP contribution is 2.46. The van der Waals surface area contributed by atoms with Crippen LogP contribution in [0.25, 0.3) is 21.5 Å². The van der Waals surface area contributed by atoms with Crippen molar-refractivity contribution in [2.75, 3.05) is 0 Å². The molecular formula is C26H19OP. The minimum absolute atomic E-state index is 0.864. The van der Waals surface area contributed by atoms with E-state index in [4.69, 9.17) is 0 Å². The van der Waals surface area contributed by atoms with Gasteiger partial charge in [0.15, 0.2) is 7.14 Å². The molecule has 5 aromatic carbocycles. The molecule has 0 heterocycles. The molecule has 0 amide bonds. The van der Waals surface area contributed by atoms with Gasteiger partial charge in [0.2, 0.25) is 0 Å². The molecule has 134 valence electrons. The van der Waals surface area contributed by atoms with Crippen molar-refractivity contribution in [3.05, 3.63) is 115 Å². The molecular weight excluding hydrogens is 359 g/mol. The number of fused-ring (bicyclic) bond motifs is 2. The van der Waals surface area contributed by atoms with Gasteiger partial charge in [0, 0.05) is 15.9 Å². The number of benzene rings is 5. The van der Waals surface area contributed by atoms with Gasteiger partial charge in [-0.3, -0.25) is 0 Å². The third-order valence-corrected chi connectivity index (χ3v) is 8.49. The molecule has 0 saturated heterocycles. The Balaban J connectivity index is 1.94. The third kappa shape index (κ3) is 2.59. The predicted octanol–water partition coefficient (Wildman–Crippen LogP) is 5.63. The second-order valence-corrected chi connectivity index (χ2v) is 9.64. The Hall–Kier alpha value is -3.15. The van der Waals surface area contributed by atoms with Crippen LogP contribution in [-0.4, -0.2) is 0 Å². The van der Waals surface area contributed by atoms with Gasteiger partial charge in [-0.1, -0.05) is 115 Å². The lowest BCUT2D eigenvalue weighted by atomic mass is 10.1. The molecule has 5 rings (SSSR count). The zero-order chi connectivity index (χ0) is 19.0. The number of rotatable bonds is 3. The summed E-state index contributed by atoms with van der Waals surface area (Å²) in [5.74, 6) is 0. The minimum Gasteiger partial charge on any atom is -0.309 e. The van der Waals surface area contributed by atoms with Crippen molar-refractivity contribution in [1.29, 1.82) is 0 Å². The van der Waals surface area contributed by atoms with Gasteiger partial charge in [-0.15, -0.1) is 0 Å². The maximum atomic E-state index is 15.0. The molecule has 0 aliphatic carbocycles. The van der Waals surface area contributed by atoms with Crippen LogP contribution in [0.2, 0.25) is 0 Å². The van der Waals surface area contributed by atoms with Gasteiger partial charge >= 0.3 is 0 Å². The van der Waals surface area contributed by atoms with E-state index in [0.29, 0.717) is 0 Å². The van der Waals surface area contributed by atoms with Crippen LogP contribution in [-0.2, 0) is 4.57 Å². The summed E-state index contributed by atoms with van der Waals surface area (Å²) < 4.78 is 15.0.